The van der Waals surface area contributed by atoms with Crippen molar-refractivity contribution in [3.8, 4) is 0 Å². The molecule has 0 saturated heterocycles. The predicted molar refractivity (Wildman–Crippen MR) is 35.7 cm³/mol. The lowest BCUT2D eigenvalue weighted by molar-refractivity contribution is 0.602. The number of halogens is 2. The van der Waals surface area contributed by atoms with Crippen LogP contribution in [-0.2, 0) is 0 Å². The minimum atomic E-state index is -0.615. The summed E-state index contributed by atoms with van der Waals surface area (Å²) in [5.74, 6) is -0.298. The molecule has 1 aliphatic rings. The van der Waals surface area contributed by atoms with Crippen molar-refractivity contribution >= 4 is 11.6 Å². The Balaban J connectivity index is 2.70. The van der Waals surface area contributed by atoms with Gasteiger partial charge in [0, 0.05) is 6.20 Å². The zero-order valence-electron chi connectivity index (χ0n) is 4.99. The maximum atomic E-state index is 12.2. The number of rotatable bonds is 0. The Kier molecular flexibility index (Phi) is 1.49. The highest BCUT2D eigenvalue weighted by atomic mass is 35.5. The van der Waals surface area contributed by atoms with Gasteiger partial charge in [0.1, 0.15) is 10.8 Å². The second-order valence-electron chi connectivity index (χ2n) is 2.08. The molecular weight excluding hydrogens is 141 g/mol. The molecule has 0 fully saturated rings. The summed E-state index contributed by atoms with van der Waals surface area (Å²) in [6.07, 6.45) is 4.14. The monoisotopic (exact) mass is 147 g/mol. The summed E-state index contributed by atoms with van der Waals surface area (Å²) in [7, 11) is 0. The molecule has 0 aromatic heterocycles. The molecule has 0 spiro atoms. The van der Waals surface area contributed by atoms with Gasteiger partial charge in [0.25, 0.3) is 0 Å². The first-order valence-electron chi connectivity index (χ1n) is 2.62. The van der Waals surface area contributed by atoms with Crippen LogP contribution >= 0.6 is 11.6 Å². The Labute approximate surface area is 58.2 Å². The largest absolute Gasteiger partial charge is 0.367 e. The van der Waals surface area contributed by atoms with E-state index < -0.39 is 5.00 Å². The van der Waals surface area contributed by atoms with Crippen molar-refractivity contribution < 1.29 is 4.39 Å². The zero-order valence-corrected chi connectivity index (χ0v) is 5.74. The molecule has 1 rings (SSSR count). The molecule has 1 heterocycles. The van der Waals surface area contributed by atoms with Crippen molar-refractivity contribution in [2.75, 3.05) is 0 Å². The van der Waals surface area contributed by atoms with E-state index in [-0.39, 0.29) is 5.83 Å². The Morgan fingerprint density at radius 3 is 2.78 bits per heavy atom. The predicted octanol–water partition coefficient (Wildman–Crippen LogP) is 1.91. The van der Waals surface area contributed by atoms with Crippen LogP contribution < -0.4 is 5.32 Å². The summed E-state index contributed by atoms with van der Waals surface area (Å²) in [6.45, 7) is 1.74. The Bertz CT molecular complexity index is 172. The molecule has 0 radical (unpaired) electrons. The number of hydrogen-bond donors (Lipinski definition) is 1. The van der Waals surface area contributed by atoms with Crippen LogP contribution in [0.25, 0.3) is 0 Å². The zero-order chi connectivity index (χ0) is 6.91. The second kappa shape index (κ2) is 2.03. The lowest BCUT2D eigenvalue weighted by Crippen LogP contribution is -2.31. The first kappa shape index (κ1) is 6.62. The molecule has 1 nitrogen and oxygen atoms in total. The van der Waals surface area contributed by atoms with Gasteiger partial charge in [-0.2, -0.15) is 0 Å². The van der Waals surface area contributed by atoms with E-state index in [9.17, 15) is 4.39 Å². The van der Waals surface area contributed by atoms with Crippen molar-refractivity contribution in [1.82, 2.24) is 5.32 Å². The maximum absolute atomic E-state index is 12.2. The molecule has 0 aliphatic carbocycles. The minimum absolute atomic E-state index is 0.298. The van der Waals surface area contributed by atoms with Gasteiger partial charge < -0.3 is 5.32 Å². The smallest absolute Gasteiger partial charge is 0.138 e. The quantitative estimate of drug-likeness (QED) is 0.408. The van der Waals surface area contributed by atoms with Crippen molar-refractivity contribution in [3.63, 3.8) is 0 Å². The van der Waals surface area contributed by atoms with Crippen LogP contribution in [0.5, 0.6) is 0 Å². The summed E-state index contributed by atoms with van der Waals surface area (Å²) < 4.78 is 12.2. The Morgan fingerprint density at radius 2 is 2.44 bits per heavy atom. The van der Waals surface area contributed by atoms with Crippen molar-refractivity contribution in [2.45, 2.75) is 11.9 Å². The maximum Gasteiger partial charge on any atom is 0.138 e. The van der Waals surface area contributed by atoms with E-state index in [2.05, 4.69) is 5.32 Å². The highest BCUT2D eigenvalue weighted by molar-refractivity contribution is 6.24. The van der Waals surface area contributed by atoms with Gasteiger partial charge in [0.2, 0.25) is 0 Å². The minimum Gasteiger partial charge on any atom is -0.367 e. The second-order valence-corrected chi connectivity index (χ2v) is 2.87. The average molecular weight is 148 g/mol. The highest BCUT2D eigenvalue weighted by Gasteiger charge is 2.16. The average Bonchev–Trinajstić information content (AvgIpc) is 1.78. The van der Waals surface area contributed by atoms with E-state index >= 15 is 0 Å². The van der Waals surface area contributed by atoms with E-state index in [0.29, 0.717) is 0 Å². The van der Waals surface area contributed by atoms with Gasteiger partial charge in [0.05, 0.1) is 0 Å². The molecular formula is C6H7ClFN. The molecule has 1 N–H and O–H groups in total. The van der Waals surface area contributed by atoms with Gasteiger partial charge in [-0.15, -0.1) is 0 Å². The molecule has 0 aromatic carbocycles. The lowest BCUT2D eigenvalue weighted by atomic mass is 10.2. The van der Waals surface area contributed by atoms with Gasteiger partial charge >= 0.3 is 0 Å². The topological polar surface area (TPSA) is 12.0 Å². The first-order valence-corrected chi connectivity index (χ1v) is 2.99. The summed E-state index contributed by atoms with van der Waals surface area (Å²) in [5, 5.41) is 2.65. The highest BCUT2D eigenvalue weighted by Crippen LogP contribution is 2.17. The van der Waals surface area contributed by atoms with Crippen LogP contribution in [-0.4, -0.2) is 5.00 Å². The summed E-state index contributed by atoms with van der Waals surface area (Å²) in [5.41, 5.74) is 0. The summed E-state index contributed by atoms with van der Waals surface area (Å²) >= 11 is 5.73. The van der Waals surface area contributed by atoms with Gasteiger partial charge in [-0.05, 0) is 19.1 Å². The molecule has 0 aromatic rings. The van der Waals surface area contributed by atoms with Gasteiger partial charge in [-0.1, -0.05) is 11.6 Å². The van der Waals surface area contributed by atoms with Gasteiger partial charge in [-0.25, -0.2) is 4.39 Å². The van der Waals surface area contributed by atoms with E-state index in [4.69, 9.17) is 11.6 Å². The van der Waals surface area contributed by atoms with E-state index in [0.717, 1.165) is 0 Å². The van der Waals surface area contributed by atoms with E-state index in [1.54, 1.807) is 13.0 Å². The number of nitrogens with one attached hydrogen (secondary N) is 1. The third-order valence-electron chi connectivity index (χ3n) is 1.05. The Hall–Kier alpha value is -0.500. The van der Waals surface area contributed by atoms with E-state index in [1.807, 2.05) is 0 Å². The van der Waals surface area contributed by atoms with Crippen LogP contribution in [0.2, 0.25) is 0 Å². The number of dihydropyridines is 1. The third-order valence-corrected chi connectivity index (χ3v) is 1.28. The van der Waals surface area contributed by atoms with Gasteiger partial charge in [-0.3, -0.25) is 0 Å². The van der Waals surface area contributed by atoms with Gasteiger partial charge in [0.15, 0.2) is 0 Å². The van der Waals surface area contributed by atoms with Crippen molar-refractivity contribution in [1.29, 1.82) is 0 Å². The third kappa shape index (κ3) is 1.72. The van der Waals surface area contributed by atoms with Crippen LogP contribution in [0.3, 0.4) is 0 Å². The first-order chi connectivity index (χ1) is 4.10. The summed E-state index contributed by atoms with van der Waals surface area (Å²) in [6, 6.07) is 0. The standard InChI is InChI=1S/C6H7ClFN/c1-6(7)3-2-5(8)4-9-6/h2-4,9H,1H3. The normalized spacial score (nSPS) is 33.4. The fraction of sp³-hybridized carbons (Fsp3) is 0.333. The molecule has 0 amide bonds. The number of hydrogen-bond acceptors (Lipinski definition) is 1. The number of alkyl halides is 1. The van der Waals surface area contributed by atoms with Crippen LogP contribution in [0.1, 0.15) is 6.92 Å². The molecule has 9 heavy (non-hydrogen) atoms. The molecule has 50 valence electrons. The molecule has 1 atom stereocenters. The van der Waals surface area contributed by atoms with Crippen molar-refractivity contribution in [3.05, 3.63) is 24.2 Å². The van der Waals surface area contributed by atoms with Crippen LogP contribution in [0.15, 0.2) is 24.2 Å². The van der Waals surface area contributed by atoms with Crippen LogP contribution in [0.4, 0.5) is 4.39 Å². The van der Waals surface area contributed by atoms with E-state index in [1.165, 1.54) is 12.3 Å². The molecule has 3 heteroatoms. The van der Waals surface area contributed by atoms with Crippen LogP contribution in [0, 0.1) is 0 Å². The molecule has 1 unspecified atom stereocenters. The molecule has 1 aliphatic heterocycles. The number of allylic oxidation sites excluding steroid dienone is 2. The SMILES string of the molecule is CC1(Cl)C=CC(F)=CN1. The lowest BCUT2D eigenvalue weighted by Gasteiger charge is -2.20. The fourth-order valence-corrected chi connectivity index (χ4v) is 0.660. The fourth-order valence-electron chi connectivity index (χ4n) is 0.542. The molecule has 0 saturated carbocycles. The van der Waals surface area contributed by atoms with Crippen molar-refractivity contribution in [2.24, 2.45) is 0 Å². The molecule has 0 bridgehead atoms. The summed E-state index contributed by atoms with van der Waals surface area (Å²) in [4.78, 5) is -0.615. The Morgan fingerprint density at radius 1 is 1.78 bits per heavy atom.